The summed E-state index contributed by atoms with van der Waals surface area (Å²) in [6.07, 6.45) is -0.683. The molecule has 116 valence electrons. The highest BCUT2D eigenvalue weighted by Gasteiger charge is 2.16. The van der Waals surface area contributed by atoms with Crippen LogP contribution in [0.2, 0.25) is 0 Å². The molecule has 2 aromatic rings. The van der Waals surface area contributed by atoms with Gasteiger partial charge in [0, 0.05) is 12.6 Å². The van der Waals surface area contributed by atoms with Crippen LogP contribution in [0.1, 0.15) is 30.2 Å². The highest BCUT2D eigenvalue weighted by molar-refractivity contribution is 5.45. The quantitative estimate of drug-likeness (QED) is 0.891. The molecule has 22 heavy (non-hydrogen) atoms. The number of ether oxygens (including phenoxy) is 2. The molecule has 1 aliphatic rings. The van der Waals surface area contributed by atoms with Crippen LogP contribution in [0.15, 0.2) is 42.5 Å². The zero-order valence-electron chi connectivity index (χ0n) is 12.3. The van der Waals surface area contributed by atoms with E-state index in [2.05, 4.69) is 5.32 Å². The van der Waals surface area contributed by atoms with Crippen molar-refractivity contribution >= 4 is 0 Å². The van der Waals surface area contributed by atoms with Gasteiger partial charge >= 0.3 is 0 Å². The Bertz CT molecular complexity index is 645. The molecule has 0 saturated carbocycles. The molecule has 5 heteroatoms. The maximum atomic E-state index is 12.9. The first kappa shape index (κ1) is 14.8. The second kappa shape index (κ2) is 6.34. The van der Waals surface area contributed by atoms with Crippen LogP contribution in [-0.4, -0.2) is 18.4 Å². The van der Waals surface area contributed by atoms with E-state index in [1.165, 1.54) is 12.1 Å². The van der Waals surface area contributed by atoms with Gasteiger partial charge in [0.05, 0.1) is 6.10 Å². The Morgan fingerprint density at radius 2 is 1.77 bits per heavy atom. The third kappa shape index (κ3) is 3.21. The van der Waals surface area contributed by atoms with Gasteiger partial charge in [-0.25, -0.2) is 4.39 Å². The summed E-state index contributed by atoms with van der Waals surface area (Å²) in [5.74, 6) is 1.19. The summed E-state index contributed by atoms with van der Waals surface area (Å²) in [4.78, 5) is 0. The molecular formula is C17H18FNO3. The average molecular weight is 303 g/mol. The Kier molecular flexibility index (Phi) is 4.27. The van der Waals surface area contributed by atoms with Crippen molar-refractivity contribution in [3.63, 3.8) is 0 Å². The average Bonchev–Trinajstić information content (AvgIpc) is 3.00. The van der Waals surface area contributed by atoms with Crippen molar-refractivity contribution in [2.24, 2.45) is 0 Å². The topological polar surface area (TPSA) is 50.7 Å². The lowest BCUT2D eigenvalue weighted by atomic mass is 10.1. The van der Waals surface area contributed by atoms with Gasteiger partial charge in [0.1, 0.15) is 5.82 Å². The van der Waals surface area contributed by atoms with E-state index in [0.29, 0.717) is 12.1 Å². The number of hydrogen-bond acceptors (Lipinski definition) is 4. The molecule has 0 bridgehead atoms. The number of hydrogen-bond donors (Lipinski definition) is 2. The molecule has 1 aliphatic heterocycles. The first-order valence-electron chi connectivity index (χ1n) is 7.20. The van der Waals surface area contributed by atoms with E-state index >= 15 is 0 Å². The molecule has 0 aromatic heterocycles. The van der Waals surface area contributed by atoms with Crippen LogP contribution in [0.3, 0.4) is 0 Å². The summed E-state index contributed by atoms with van der Waals surface area (Å²) in [5, 5.41) is 13.4. The predicted molar refractivity (Wildman–Crippen MR) is 80.3 cm³/mol. The lowest BCUT2D eigenvalue weighted by Crippen LogP contribution is -2.24. The molecule has 0 amide bonds. The first-order chi connectivity index (χ1) is 10.6. The van der Waals surface area contributed by atoms with Crippen molar-refractivity contribution in [2.45, 2.75) is 19.1 Å². The molecule has 0 fully saturated rings. The molecule has 0 saturated heterocycles. The number of aliphatic hydroxyl groups excluding tert-OH is 1. The van der Waals surface area contributed by atoms with E-state index in [9.17, 15) is 9.50 Å². The number of rotatable bonds is 5. The first-order valence-corrected chi connectivity index (χ1v) is 7.20. The van der Waals surface area contributed by atoms with Crippen molar-refractivity contribution in [1.29, 1.82) is 0 Å². The number of fused-ring (bicyclic) bond motifs is 1. The molecule has 0 radical (unpaired) electrons. The highest BCUT2D eigenvalue weighted by atomic mass is 19.1. The molecule has 3 rings (SSSR count). The summed E-state index contributed by atoms with van der Waals surface area (Å²) >= 11 is 0. The second-order valence-electron chi connectivity index (χ2n) is 5.31. The van der Waals surface area contributed by atoms with Crippen LogP contribution >= 0.6 is 0 Å². The summed E-state index contributed by atoms with van der Waals surface area (Å²) in [6, 6.07) is 11.7. The van der Waals surface area contributed by atoms with Crippen molar-refractivity contribution in [1.82, 2.24) is 5.32 Å². The van der Waals surface area contributed by atoms with Crippen molar-refractivity contribution in [2.75, 3.05) is 13.3 Å². The van der Waals surface area contributed by atoms with E-state index in [1.807, 2.05) is 25.1 Å². The summed E-state index contributed by atoms with van der Waals surface area (Å²) in [5.41, 5.74) is 1.74. The lowest BCUT2D eigenvalue weighted by Gasteiger charge is -2.18. The highest BCUT2D eigenvalue weighted by Crippen LogP contribution is 2.34. The third-order valence-corrected chi connectivity index (χ3v) is 3.77. The molecule has 0 spiro atoms. The zero-order chi connectivity index (χ0) is 15.5. The summed E-state index contributed by atoms with van der Waals surface area (Å²) in [7, 11) is 0. The van der Waals surface area contributed by atoms with Crippen molar-refractivity contribution < 1.29 is 19.0 Å². The minimum atomic E-state index is -0.683. The van der Waals surface area contributed by atoms with Crippen LogP contribution in [0, 0.1) is 5.82 Å². The molecule has 1 heterocycles. The van der Waals surface area contributed by atoms with Gasteiger partial charge in [0.2, 0.25) is 6.79 Å². The lowest BCUT2D eigenvalue weighted by molar-refractivity contribution is 0.170. The second-order valence-corrected chi connectivity index (χ2v) is 5.31. The van der Waals surface area contributed by atoms with E-state index in [4.69, 9.17) is 9.47 Å². The van der Waals surface area contributed by atoms with Gasteiger partial charge in [0.25, 0.3) is 0 Å². The van der Waals surface area contributed by atoms with Gasteiger partial charge in [0.15, 0.2) is 11.5 Å². The van der Waals surface area contributed by atoms with E-state index in [-0.39, 0.29) is 18.7 Å². The van der Waals surface area contributed by atoms with Crippen LogP contribution in [0.5, 0.6) is 11.5 Å². The van der Waals surface area contributed by atoms with E-state index in [1.54, 1.807) is 12.1 Å². The Labute approximate surface area is 128 Å². The van der Waals surface area contributed by atoms with Crippen molar-refractivity contribution in [3.05, 3.63) is 59.4 Å². The normalized spacial score (nSPS) is 15.6. The minimum absolute atomic E-state index is 0.0459. The van der Waals surface area contributed by atoms with Gasteiger partial charge in [-0.15, -0.1) is 0 Å². The fraction of sp³-hybridized carbons (Fsp3) is 0.294. The minimum Gasteiger partial charge on any atom is -0.454 e. The predicted octanol–water partition coefficient (Wildman–Crippen LogP) is 2.94. The Morgan fingerprint density at radius 3 is 2.55 bits per heavy atom. The molecule has 4 nitrogen and oxygen atoms in total. The van der Waals surface area contributed by atoms with E-state index < -0.39 is 6.10 Å². The van der Waals surface area contributed by atoms with Gasteiger partial charge in [-0.3, -0.25) is 0 Å². The van der Waals surface area contributed by atoms with Gasteiger partial charge < -0.3 is 19.9 Å². The Balaban J connectivity index is 1.60. The number of halogens is 1. The fourth-order valence-electron chi connectivity index (χ4n) is 2.39. The number of benzene rings is 2. The summed E-state index contributed by atoms with van der Waals surface area (Å²) < 4.78 is 23.5. The zero-order valence-corrected chi connectivity index (χ0v) is 12.3. The van der Waals surface area contributed by atoms with Crippen LogP contribution in [0.4, 0.5) is 4.39 Å². The molecular weight excluding hydrogens is 285 g/mol. The standard InChI is InChI=1S/C17H18FNO3/c1-11(13-4-7-16-17(8-13)22-10-21-16)19-9-15(20)12-2-5-14(18)6-3-12/h2-8,11,15,19-20H,9-10H2,1H3. The molecule has 2 atom stereocenters. The SMILES string of the molecule is CC(NCC(O)c1ccc(F)cc1)c1ccc2c(c1)OCO2. The third-order valence-electron chi connectivity index (χ3n) is 3.77. The van der Waals surface area contributed by atoms with Crippen molar-refractivity contribution in [3.8, 4) is 11.5 Å². The molecule has 2 unspecified atom stereocenters. The van der Waals surface area contributed by atoms with E-state index in [0.717, 1.165) is 17.1 Å². The van der Waals surface area contributed by atoms with Crippen LogP contribution < -0.4 is 14.8 Å². The summed E-state index contributed by atoms with van der Waals surface area (Å²) in [6.45, 7) is 2.64. The fourth-order valence-corrected chi connectivity index (χ4v) is 2.39. The maximum absolute atomic E-state index is 12.9. The van der Waals surface area contributed by atoms with Crippen LogP contribution in [-0.2, 0) is 0 Å². The monoisotopic (exact) mass is 303 g/mol. The van der Waals surface area contributed by atoms with Crippen LogP contribution in [0.25, 0.3) is 0 Å². The molecule has 2 N–H and O–H groups in total. The Hall–Kier alpha value is -2.11. The molecule has 0 aliphatic carbocycles. The van der Waals surface area contributed by atoms with Gasteiger partial charge in [-0.2, -0.15) is 0 Å². The Morgan fingerprint density at radius 1 is 1.09 bits per heavy atom. The number of nitrogens with one attached hydrogen (secondary N) is 1. The molecule has 2 aromatic carbocycles. The largest absolute Gasteiger partial charge is 0.454 e. The van der Waals surface area contributed by atoms with Gasteiger partial charge in [-0.05, 0) is 42.3 Å². The maximum Gasteiger partial charge on any atom is 0.231 e. The van der Waals surface area contributed by atoms with Gasteiger partial charge in [-0.1, -0.05) is 18.2 Å². The smallest absolute Gasteiger partial charge is 0.231 e. The number of aliphatic hydroxyl groups is 1.